The van der Waals surface area contributed by atoms with E-state index < -0.39 is 11.8 Å². The molecule has 2 amide bonds. The Labute approximate surface area is 156 Å². The highest BCUT2D eigenvalue weighted by Gasteiger charge is 2.04. The summed E-state index contributed by atoms with van der Waals surface area (Å²) in [6.45, 7) is -0.215. The summed E-state index contributed by atoms with van der Waals surface area (Å²) in [5.74, 6) is 0.154. The van der Waals surface area contributed by atoms with E-state index in [1.54, 1.807) is 24.3 Å². The minimum absolute atomic E-state index is 0.215. The highest BCUT2D eigenvalue weighted by Crippen LogP contribution is 2.21. The van der Waals surface area contributed by atoms with Gasteiger partial charge in [-0.1, -0.05) is 42.5 Å². The predicted molar refractivity (Wildman–Crippen MR) is 101 cm³/mol. The Kier molecular flexibility index (Phi) is 6.04. The van der Waals surface area contributed by atoms with Crippen molar-refractivity contribution < 1.29 is 18.7 Å². The van der Waals surface area contributed by atoms with E-state index in [1.165, 1.54) is 18.4 Å². The molecule has 0 saturated carbocycles. The number of carbonyl (C=O) groups excluding carboxylic acids is 2. The molecule has 0 unspecified atom stereocenters. The minimum atomic E-state index is -0.480. The lowest BCUT2D eigenvalue weighted by Crippen LogP contribution is -2.43. The zero-order valence-electron chi connectivity index (χ0n) is 14.4. The molecule has 6 nitrogen and oxygen atoms in total. The Balaban J connectivity index is 1.42. The molecule has 6 heteroatoms. The van der Waals surface area contributed by atoms with Crippen LogP contribution in [0.2, 0.25) is 0 Å². The van der Waals surface area contributed by atoms with Gasteiger partial charge in [0.2, 0.25) is 0 Å². The third kappa shape index (κ3) is 5.61. The van der Waals surface area contributed by atoms with Crippen LogP contribution in [0.5, 0.6) is 5.75 Å². The molecule has 0 atom stereocenters. The van der Waals surface area contributed by atoms with Gasteiger partial charge < -0.3 is 9.15 Å². The van der Waals surface area contributed by atoms with Crippen LogP contribution in [-0.2, 0) is 9.59 Å². The van der Waals surface area contributed by atoms with Crippen molar-refractivity contribution in [2.75, 3.05) is 6.61 Å². The third-order valence-corrected chi connectivity index (χ3v) is 3.60. The van der Waals surface area contributed by atoms with Gasteiger partial charge in [-0.15, -0.1) is 0 Å². The molecule has 0 aliphatic carbocycles. The number of rotatable bonds is 6. The number of ether oxygens (including phenoxy) is 1. The lowest BCUT2D eigenvalue weighted by atomic mass is 10.1. The SMILES string of the molecule is O=C(C=Cc1ccco1)NNC(=O)COc1ccc(-c2ccccc2)cc1. The van der Waals surface area contributed by atoms with Crippen LogP contribution in [0.25, 0.3) is 17.2 Å². The van der Waals surface area contributed by atoms with Crippen molar-refractivity contribution in [2.45, 2.75) is 0 Å². The van der Waals surface area contributed by atoms with Crippen LogP contribution >= 0.6 is 0 Å². The molecule has 0 radical (unpaired) electrons. The fourth-order valence-corrected chi connectivity index (χ4v) is 2.28. The van der Waals surface area contributed by atoms with Gasteiger partial charge in [-0.3, -0.25) is 20.4 Å². The summed E-state index contributed by atoms with van der Waals surface area (Å²) in [5.41, 5.74) is 6.70. The van der Waals surface area contributed by atoms with E-state index in [2.05, 4.69) is 10.9 Å². The second-order valence-electron chi connectivity index (χ2n) is 5.57. The Morgan fingerprint density at radius 3 is 2.33 bits per heavy atom. The van der Waals surface area contributed by atoms with Crippen LogP contribution in [0.4, 0.5) is 0 Å². The Bertz CT molecular complexity index is 901. The summed E-state index contributed by atoms with van der Waals surface area (Å²) in [6.07, 6.45) is 4.25. The fraction of sp³-hybridized carbons (Fsp3) is 0.0476. The lowest BCUT2D eigenvalue weighted by Gasteiger charge is -2.08. The first-order valence-electron chi connectivity index (χ1n) is 8.29. The molecule has 0 spiro atoms. The number of furan rings is 1. The number of hydrogen-bond acceptors (Lipinski definition) is 4. The van der Waals surface area contributed by atoms with Crippen molar-refractivity contribution in [2.24, 2.45) is 0 Å². The van der Waals surface area contributed by atoms with Gasteiger partial charge in [0.1, 0.15) is 11.5 Å². The van der Waals surface area contributed by atoms with Crippen LogP contribution in [0.1, 0.15) is 5.76 Å². The number of carbonyl (C=O) groups is 2. The van der Waals surface area contributed by atoms with Gasteiger partial charge in [-0.05, 0) is 41.5 Å². The monoisotopic (exact) mass is 362 g/mol. The van der Waals surface area contributed by atoms with Gasteiger partial charge in [0.05, 0.1) is 6.26 Å². The van der Waals surface area contributed by atoms with Gasteiger partial charge >= 0.3 is 0 Å². The molecule has 0 saturated heterocycles. The number of benzene rings is 2. The summed E-state index contributed by atoms with van der Waals surface area (Å²) in [4.78, 5) is 23.3. The topological polar surface area (TPSA) is 80.6 Å². The molecule has 3 rings (SSSR count). The molecule has 0 bridgehead atoms. The standard InChI is InChI=1S/C21H18N2O4/c24-20(13-12-18-7-4-14-26-18)22-23-21(25)15-27-19-10-8-17(9-11-19)16-5-2-1-3-6-16/h1-14H,15H2,(H,22,24)(H,23,25). The van der Waals surface area contributed by atoms with Crippen LogP contribution < -0.4 is 15.6 Å². The van der Waals surface area contributed by atoms with Crippen molar-refractivity contribution in [1.82, 2.24) is 10.9 Å². The second kappa shape index (κ2) is 9.05. The normalized spacial score (nSPS) is 10.5. The highest BCUT2D eigenvalue weighted by molar-refractivity contribution is 5.92. The van der Waals surface area contributed by atoms with E-state index in [4.69, 9.17) is 9.15 Å². The molecule has 0 aliphatic rings. The van der Waals surface area contributed by atoms with E-state index in [-0.39, 0.29) is 6.61 Å². The molecule has 2 N–H and O–H groups in total. The lowest BCUT2D eigenvalue weighted by molar-refractivity contribution is -0.128. The summed E-state index contributed by atoms with van der Waals surface area (Å²) in [6, 6.07) is 20.8. The van der Waals surface area contributed by atoms with Crippen molar-refractivity contribution in [3.8, 4) is 16.9 Å². The zero-order chi connectivity index (χ0) is 18.9. The van der Waals surface area contributed by atoms with Gasteiger partial charge in [-0.2, -0.15) is 0 Å². The summed E-state index contributed by atoms with van der Waals surface area (Å²) in [7, 11) is 0. The molecule has 3 aromatic rings. The molecule has 1 aromatic heterocycles. The van der Waals surface area contributed by atoms with E-state index in [0.717, 1.165) is 11.1 Å². The summed E-state index contributed by atoms with van der Waals surface area (Å²) < 4.78 is 10.5. The first kappa shape index (κ1) is 18.0. The first-order valence-corrected chi connectivity index (χ1v) is 8.29. The van der Waals surface area contributed by atoms with Crippen LogP contribution in [-0.4, -0.2) is 18.4 Å². The maximum atomic E-state index is 11.7. The highest BCUT2D eigenvalue weighted by atomic mass is 16.5. The molecular weight excluding hydrogens is 344 g/mol. The first-order chi connectivity index (χ1) is 13.2. The average molecular weight is 362 g/mol. The van der Waals surface area contributed by atoms with Gasteiger partial charge in [0.25, 0.3) is 11.8 Å². The molecule has 136 valence electrons. The second-order valence-corrected chi connectivity index (χ2v) is 5.57. The molecule has 27 heavy (non-hydrogen) atoms. The van der Waals surface area contributed by atoms with E-state index >= 15 is 0 Å². The van der Waals surface area contributed by atoms with Crippen LogP contribution in [0.15, 0.2) is 83.5 Å². The smallest absolute Gasteiger partial charge is 0.276 e. The largest absolute Gasteiger partial charge is 0.484 e. The molecule has 1 heterocycles. The van der Waals surface area contributed by atoms with E-state index in [0.29, 0.717) is 11.5 Å². The third-order valence-electron chi connectivity index (χ3n) is 3.60. The van der Waals surface area contributed by atoms with Crippen LogP contribution in [0.3, 0.4) is 0 Å². The maximum absolute atomic E-state index is 11.7. The zero-order valence-corrected chi connectivity index (χ0v) is 14.4. The summed E-state index contributed by atoms with van der Waals surface area (Å²) in [5, 5.41) is 0. The molecule has 0 aliphatic heterocycles. The number of amides is 2. The molecular formula is C21H18N2O4. The van der Waals surface area contributed by atoms with Crippen molar-refractivity contribution in [3.63, 3.8) is 0 Å². The Hall–Kier alpha value is -3.80. The quantitative estimate of drug-likeness (QED) is 0.521. The summed E-state index contributed by atoms with van der Waals surface area (Å²) >= 11 is 0. The molecule has 2 aromatic carbocycles. The van der Waals surface area contributed by atoms with E-state index in [1.807, 2.05) is 42.5 Å². The number of hydrogen-bond donors (Lipinski definition) is 2. The Morgan fingerprint density at radius 1 is 0.889 bits per heavy atom. The van der Waals surface area contributed by atoms with Crippen molar-refractivity contribution in [1.29, 1.82) is 0 Å². The average Bonchev–Trinajstić information content (AvgIpc) is 3.24. The van der Waals surface area contributed by atoms with Gasteiger partial charge in [0, 0.05) is 6.08 Å². The van der Waals surface area contributed by atoms with E-state index in [9.17, 15) is 9.59 Å². The fourth-order valence-electron chi connectivity index (χ4n) is 2.28. The van der Waals surface area contributed by atoms with Crippen molar-refractivity contribution >= 4 is 17.9 Å². The van der Waals surface area contributed by atoms with Crippen LogP contribution in [0, 0.1) is 0 Å². The maximum Gasteiger partial charge on any atom is 0.276 e. The van der Waals surface area contributed by atoms with Gasteiger partial charge in [-0.25, -0.2) is 0 Å². The van der Waals surface area contributed by atoms with Gasteiger partial charge in [0.15, 0.2) is 6.61 Å². The van der Waals surface area contributed by atoms with Crippen molar-refractivity contribution in [3.05, 3.63) is 84.8 Å². The predicted octanol–water partition coefficient (Wildman–Crippen LogP) is 3.19. The number of nitrogens with one attached hydrogen (secondary N) is 2. The minimum Gasteiger partial charge on any atom is -0.484 e. The molecule has 0 fully saturated rings. The number of hydrazine groups is 1. The Morgan fingerprint density at radius 2 is 1.63 bits per heavy atom.